The van der Waals surface area contributed by atoms with Crippen LogP contribution in [0.3, 0.4) is 0 Å². The second kappa shape index (κ2) is 8.32. The van der Waals surface area contributed by atoms with Crippen molar-refractivity contribution in [2.24, 2.45) is 5.92 Å². The van der Waals surface area contributed by atoms with E-state index in [2.05, 4.69) is 13.0 Å². The van der Waals surface area contributed by atoms with Crippen molar-refractivity contribution in [3.63, 3.8) is 0 Å². The summed E-state index contributed by atoms with van der Waals surface area (Å²) in [5, 5.41) is 21.4. The number of rotatable bonds is 7. The third kappa shape index (κ3) is 4.82. The molecule has 0 radical (unpaired) electrons. The van der Waals surface area contributed by atoms with Gasteiger partial charge in [-0.15, -0.1) is 0 Å². The molecule has 0 aliphatic rings. The maximum absolute atomic E-state index is 10.2. The van der Waals surface area contributed by atoms with Gasteiger partial charge in [0, 0.05) is 0 Å². The van der Waals surface area contributed by atoms with Crippen LogP contribution in [0.25, 0.3) is 0 Å². The van der Waals surface area contributed by atoms with Crippen molar-refractivity contribution in [3.8, 4) is 6.07 Å². The maximum atomic E-state index is 10.2. The van der Waals surface area contributed by atoms with Crippen LogP contribution in [-0.2, 0) is 0 Å². The summed E-state index contributed by atoms with van der Waals surface area (Å²) < 4.78 is 0. The summed E-state index contributed by atoms with van der Waals surface area (Å²) in [6.07, 6.45) is 1.80. The van der Waals surface area contributed by atoms with Crippen LogP contribution in [0.4, 0.5) is 0 Å². The zero-order valence-electron chi connectivity index (χ0n) is 11.1. The van der Waals surface area contributed by atoms with Crippen LogP contribution >= 0.6 is 0 Å². The van der Waals surface area contributed by atoms with E-state index in [9.17, 15) is 5.11 Å². The Hall–Kier alpha value is -0.811. The van der Waals surface area contributed by atoms with Crippen LogP contribution in [0.2, 0.25) is 10.6 Å². The van der Waals surface area contributed by atoms with Crippen molar-refractivity contribution >= 4 is 15.0 Å². The quantitative estimate of drug-likeness (QED) is 0.619. The minimum atomic E-state index is -0.640. The molecule has 1 aromatic rings. The number of hydrogen-bond donors (Lipinski definition) is 1. The SMILES string of the molecule is CCCC[Se]CC(C#N)C(O)c1ccc(C)cc1. The Morgan fingerprint density at radius 2 is 2.00 bits per heavy atom. The first-order valence-corrected chi connectivity index (χ1v) is 8.83. The molecular formula is C15H21NOSe. The summed E-state index contributed by atoms with van der Waals surface area (Å²) in [5.74, 6) is -0.260. The van der Waals surface area contributed by atoms with E-state index < -0.39 is 6.10 Å². The zero-order valence-corrected chi connectivity index (χ0v) is 12.8. The second-order valence-corrected chi connectivity index (χ2v) is 6.93. The molecule has 0 heterocycles. The van der Waals surface area contributed by atoms with Gasteiger partial charge in [-0.1, -0.05) is 0 Å². The van der Waals surface area contributed by atoms with Gasteiger partial charge in [0.25, 0.3) is 0 Å². The summed E-state index contributed by atoms with van der Waals surface area (Å²) >= 11 is 0.474. The van der Waals surface area contributed by atoms with Gasteiger partial charge in [0.1, 0.15) is 0 Å². The van der Waals surface area contributed by atoms with Gasteiger partial charge in [-0.25, -0.2) is 0 Å². The predicted molar refractivity (Wildman–Crippen MR) is 75.5 cm³/mol. The van der Waals surface area contributed by atoms with Gasteiger partial charge in [-0.2, -0.15) is 0 Å². The van der Waals surface area contributed by atoms with E-state index in [1.807, 2.05) is 31.2 Å². The summed E-state index contributed by atoms with van der Waals surface area (Å²) in [4.78, 5) is 0. The number of benzene rings is 1. The van der Waals surface area contributed by atoms with E-state index in [0.717, 1.165) is 10.9 Å². The van der Waals surface area contributed by atoms with Crippen LogP contribution in [0, 0.1) is 24.2 Å². The Kier molecular flexibility index (Phi) is 7.05. The van der Waals surface area contributed by atoms with Crippen LogP contribution in [0.5, 0.6) is 0 Å². The van der Waals surface area contributed by atoms with E-state index in [4.69, 9.17) is 5.26 Å². The van der Waals surface area contributed by atoms with E-state index in [1.165, 1.54) is 23.7 Å². The molecule has 0 fully saturated rings. The Morgan fingerprint density at radius 3 is 2.56 bits per heavy atom. The average molecular weight is 310 g/mol. The fraction of sp³-hybridized carbons (Fsp3) is 0.533. The van der Waals surface area contributed by atoms with E-state index in [1.54, 1.807) is 0 Å². The summed E-state index contributed by atoms with van der Waals surface area (Å²) in [5.41, 5.74) is 2.03. The third-order valence-electron chi connectivity index (χ3n) is 2.91. The molecule has 1 aromatic carbocycles. The van der Waals surface area contributed by atoms with Crippen LogP contribution in [0.1, 0.15) is 37.0 Å². The van der Waals surface area contributed by atoms with Crippen molar-refractivity contribution in [2.45, 2.75) is 43.4 Å². The number of nitrogens with zero attached hydrogens (tertiary/aromatic N) is 1. The Labute approximate surface area is 116 Å². The fourth-order valence-electron chi connectivity index (χ4n) is 1.65. The van der Waals surface area contributed by atoms with Crippen molar-refractivity contribution in [1.82, 2.24) is 0 Å². The van der Waals surface area contributed by atoms with Gasteiger partial charge < -0.3 is 0 Å². The Bertz CT molecular complexity index is 382. The number of nitriles is 1. The molecule has 0 saturated heterocycles. The van der Waals surface area contributed by atoms with Gasteiger partial charge in [0.15, 0.2) is 0 Å². The predicted octanol–water partition coefficient (Wildman–Crippen LogP) is 3.51. The van der Waals surface area contributed by atoms with Crippen molar-refractivity contribution in [3.05, 3.63) is 35.4 Å². The first-order valence-electron chi connectivity index (χ1n) is 6.41. The number of aliphatic hydroxyl groups is 1. The first kappa shape index (κ1) is 15.2. The van der Waals surface area contributed by atoms with E-state index >= 15 is 0 Å². The second-order valence-electron chi connectivity index (χ2n) is 4.52. The van der Waals surface area contributed by atoms with Crippen LogP contribution < -0.4 is 0 Å². The van der Waals surface area contributed by atoms with Gasteiger partial charge >= 0.3 is 116 Å². The van der Waals surface area contributed by atoms with E-state index in [-0.39, 0.29) is 5.92 Å². The zero-order chi connectivity index (χ0) is 13.4. The third-order valence-corrected chi connectivity index (χ3v) is 5.36. The Balaban J connectivity index is 2.54. The summed E-state index contributed by atoms with van der Waals surface area (Å²) in [6, 6.07) is 10.1. The molecule has 0 aliphatic heterocycles. The van der Waals surface area contributed by atoms with Gasteiger partial charge in [0.2, 0.25) is 0 Å². The molecule has 0 amide bonds. The Morgan fingerprint density at radius 1 is 1.33 bits per heavy atom. The number of aryl methyl sites for hydroxylation is 1. The molecule has 2 unspecified atom stereocenters. The van der Waals surface area contributed by atoms with Crippen molar-refractivity contribution < 1.29 is 5.11 Å². The standard InChI is InChI=1S/C15H21NOSe/c1-3-4-9-18-11-14(10-16)15(17)13-7-5-12(2)6-8-13/h5-8,14-15,17H,3-4,9,11H2,1-2H3. The summed E-state index contributed by atoms with van der Waals surface area (Å²) in [7, 11) is 0. The van der Waals surface area contributed by atoms with E-state index in [0.29, 0.717) is 15.0 Å². The molecule has 0 saturated carbocycles. The van der Waals surface area contributed by atoms with Gasteiger partial charge in [-0.3, -0.25) is 0 Å². The topological polar surface area (TPSA) is 44.0 Å². The molecule has 1 N–H and O–H groups in total. The molecule has 2 nitrogen and oxygen atoms in total. The van der Waals surface area contributed by atoms with Crippen LogP contribution in [-0.4, -0.2) is 20.1 Å². The van der Waals surface area contributed by atoms with Crippen LogP contribution in [0.15, 0.2) is 24.3 Å². The molecular weight excluding hydrogens is 289 g/mol. The number of hydrogen-bond acceptors (Lipinski definition) is 2. The molecule has 1 rings (SSSR count). The first-order chi connectivity index (χ1) is 8.69. The summed E-state index contributed by atoms with van der Waals surface area (Å²) in [6.45, 7) is 4.20. The average Bonchev–Trinajstić information content (AvgIpc) is 2.39. The van der Waals surface area contributed by atoms with Gasteiger partial charge in [-0.05, 0) is 0 Å². The monoisotopic (exact) mass is 311 g/mol. The number of aliphatic hydroxyl groups excluding tert-OH is 1. The minimum absolute atomic E-state index is 0.260. The fourth-order valence-corrected chi connectivity index (χ4v) is 4.11. The normalized spacial score (nSPS) is 13.9. The van der Waals surface area contributed by atoms with Gasteiger partial charge in [0.05, 0.1) is 0 Å². The molecule has 0 aromatic heterocycles. The molecule has 0 bridgehead atoms. The molecule has 2 atom stereocenters. The van der Waals surface area contributed by atoms with Crippen molar-refractivity contribution in [2.75, 3.05) is 0 Å². The molecule has 0 spiro atoms. The molecule has 0 aliphatic carbocycles. The number of unbranched alkanes of at least 4 members (excludes halogenated alkanes) is 1. The molecule has 98 valence electrons. The van der Waals surface area contributed by atoms with Crippen molar-refractivity contribution in [1.29, 1.82) is 5.26 Å². The molecule has 3 heteroatoms. The molecule has 18 heavy (non-hydrogen) atoms.